The Balaban J connectivity index is 0.000000620. The summed E-state index contributed by atoms with van der Waals surface area (Å²) in [6, 6.07) is 36.4. The van der Waals surface area contributed by atoms with Gasteiger partial charge in [-0.15, -0.1) is 0 Å². The number of hydrogen-bond donors (Lipinski definition) is 0. The molecule has 0 N–H and O–H groups in total. The molecule has 0 amide bonds. The van der Waals surface area contributed by atoms with Gasteiger partial charge in [0.1, 0.15) is 0 Å². The Hall–Kier alpha value is -5.01. The van der Waals surface area contributed by atoms with Crippen molar-refractivity contribution in [2.24, 2.45) is 4.99 Å². The van der Waals surface area contributed by atoms with Crippen molar-refractivity contribution in [3.63, 3.8) is 0 Å². The normalized spacial score (nSPS) is 13.0. The van der Waals surface area contributed by atoms with Gasteiger partial charge in [0.05, 0.1) is 5.70 Å². The van der Waals surface area contributed by atoms with Crippen LogP contribution in [0.15, 0.2) is 162 Å². The summed E-state index contributed by atoms with van der Waals surface area (Å²) < 4.78 is 0. The van der Waals surface area contributed by atoms with Crippen molar-refractivity contribution in [1.29, 1.82) is 0 Å². The molecule has 50 heavy (non-hydrogen) atoms. The van der Waals surface area contributed by atoms with Crippen LogP contribution in [0.5, 0.6) is 0 Å². The van der Waals surface area contributed by atoms with Gasteiger partial charge in [0.15, 0.2) is 0 Å². The molecule has 1 heteroatoms. The third-order valence-corrected chi connectivity index (χ3v) is 8.03. The van der Waals surface area contributed by atoms with E-state index in [-0.39, 0.29) is 0 Å². The molecular weight excluding hydrogens is 603 g/mol. The van der Waals surface area contributed by atoms with Crippen molar-refractivity contribution >= 4 is 24.1 Å². The number of hydrogen-bond acceptors (Lipinski definition) is 1. The molecule has 0 saturated heterocycles. The van der Waals surface area contributed by atoms with Crippen LogP contribution in [0, 0.1) is 0 Å². The molecule has 4 aromatic rings. The van der Waals surface area contributed by atoms with E-state index in [9.17, 15) is 0 Å². The lowest BCUT2D eigenvalue weighted by Gasteiger charge is -2.20. The topological polar surface area (TPSA) is 12.4 Å². The van der Waals surface area contributed by atoms with E-state index in [0.29, 0.717) is 0 Å². The molecule has 0 aliphatic heterocycles. The molecule has 0 heterocycles. The number of rotatable bonds is 11. The third-order valence-electron chi connectivity index (χ3n) is 8.03. The van der Waals surface area contributed by atoms with E-state index in [4.69, 9.17) is 0 Å². The maximum Gasteiger partial charge on any atom is 0.0694 e. The minimum atomic E-state index is 0.820. The van der Waals surface area contributed by atoms with Crippen LogP contribution in [0.4, 0.5) is 0 Å². The van der Waals surface area contributed by atoms with Gasteiger partial charge in [-0.05, 0) is 101 Å². The zero-order chi connectivity index (χ0) is 36.6. The number of aryl methyl sites for hydroxylation is 1. The highest BCUT2D eigenvalue weighted by Gasteiger charge is 2.16. The maximum absolute atomic E-state index is 4.21. The van der Waals surface area contributed by atoms with Crippen LogP contribution >= 0.6 is 0 Å². The summed E-state index contributed by atoms with van der Waals surface area (Å²) in [5.41, 5.74) is 13.5. The van der Waals surface area contributed by atoms with Gasteiger partial charge in [-0.2, -0.15) is 0 Å². The molecule has 4 aromatic carbocycles. The van der Waals surface area contributed by atoms with Gasteiger partial charge in [-0.25, -0.2) is 0 Å². The summed E-state index contributed by atoms with van der Waals surface area (Å²) in [7, 11) is 0. The Bertz CT molecular complexity index is 1760. The van der Waals surface area contributed by atoms with Gasteiger partial charge >= 0.3 is 0 Å². The summed E-state index contributed by atoms with van der Waals surface area (Å²) >= 11 is 0. The van der Waals surface area contributed by atoms with E-state index in [1.54, 1.807) is 6.08 Å². The fourth-order valence-corrected chi connectivity index (χ4v) is 5.62. The molecule has 5 rings (SSSR count). The summed E-state index contributed by atoms with van der Waals surface area (Å²) in [6.45, 7) is 22.2. The molecule has 0 bridgehead atoms. The molecule has 0 atom stereocenters. The molecule has 0 unspecified atom stereocenters. The number of unbranched alkanes of at least 4 members (excludes halogenated alkanes) is 1. The molecule has 260 valence electrons. The standard InChI is InChI=1S/C37H37N.C8H10.2C2H6/c1-5-8-9-17-30-24-28-18-10-11-19-29(28)25-34(30)27-31(15-6-2)35-22-12-13-23-36(35)32-20-14-21-33(26-32)37(38-4)16-7-3;1-2-8-6-4-3-5-7-8;2*1-2/h7,9-24,26-27H,3-6,8,25H2,1-2H3;3-7H,2H2,1H3;2*1-2H3/b17-9-,31-15+,34-27+,37-16-;;;. The average molecular weight is 662 g/mol. The zero-order valence-corrected chi connectivity index (χ0v) is 31.8. The Labute approximate surface area is 304 Å². The van der Waals surface area contributed by atoms with Crippen molar-refractivity contribution in [2.45, 2.75) is 80.6 Å². The summed E-state index contributed by atoms with van der Waals surface area (Å²) in [4.78, 5) is 4.21. The van der Waals surface area contributed by atoms with E-state index in [1.165, 1.54) is 44.5 Å². The zero-order valence-electron chi connectivity index (χ0n) is 31.8. The van der Waals surface area contributed by atoms with E-state index < -0.39 is 0 Å². The molecule has 1 nitrogen and oxygen atoms in total. The average Bonchev–Trinajstić information content (AvgIpc) is 3.19. The first kappa shape index (κ1) is 41.2. The summed E-state index contributed by atoms with van der Waals surface area (Å²) in [5.74, 6) is 0. The smallest absolute Gasteiger partial charge is 0.0694 e. The molecule has 1 aliphatic rings. The second-order valence-corrected chi connectivity index (χ2v) is 11.3. The molecule has 0 saturated carbocycles. The van der Waals surface area contributed by atoms with Crippen LogP contribution in [-0.2, 0) is 12.8 Å². The highest BCUT2D eigenvalue weighted by molar-refractivity contribution is 5.88. The van der Waals surface area contributed by atoms with Crippen molar-refractivity contribution in [3.05, 3.63) is 185 Å². The van der Waals surface area contributed by atoms with Crippen molar-refractivity contribution in [2.75, 3.05) is 0 Å². The van der Waals surface area contributed by atoms with Crippen molar-refractivity contribution in [3.8, 4) is 11.1 Å². The van der Waals surface area contributed by atoms with Gasteiger partial charge < -0.3 is 0 Å². The van der Waals surface area contributed by atoms with Crippen LogP contribution in [-0.4, -0.2) is 6.72 Å². The first-order valence-electron chi connectivity index (χ1n) is 18.5. The van der Waals surface area contributed by atoms with E-state index in [1.807, 2.05) is 39.8 Å². The van der Waals surface area contributed by atoms with Crippen LogP contribution in [0.3, 0.4) is 0 Å². The first-order valence-corrected chi connectivity index (χ1v) is 18.5. The monoisotopic (exact) mass is 661 g/mol. The molecule has 1 aliphatic carbocycles. The van der Waals surface area contributed by atoms with E-state index in [2.05, 4.69) is 167 Å². The predicted molar refractivity (Wildman–Crippen MR) is 227 cm³/mol. The second-order valence-electron chi connectivity index (χ2n) is 11.3. The van der Waals surface area contributed by atoms with Crippen LogP contribution in [0.25, 0.3) is 28.5 Å². The summed E-state index contributed by atoms with van der Waals surface area (Å²) in [6.07, 6.45) is 20.6. The molecular formula is C49H59N. The minimum Gasteiger partial charge on any atom is -0.264 e. The van der Waals surface area contributed by atoms with Gasteiger partial charge in [0.2, 0.25) is 0 Å². The number of nitrogens with zero attached hydrogens (tertiary/aromatic N) is 1. The summed E-state index contributed by atoms with van der Waals surface area (Å²) in [5, 5.41) is 0. The van der Waals surface area contributed by atoms with E-state index >= 15 is 0 Å². The van der Waals surface area contributed by atoms with Gasteiger partial charge in [-0.3, -0.25) is 4.99 Å². The van der Waals surface area contributed by atoms with Crippen molar-refractivity contribution in [1.82, 2.24) is 0 Å². The Morgan fingerprint density at radius 2 is 1.50 bits per heavy atom. The Morgan fingerprint density at radius 1 is 0.800 bits per heavy atom. The number of allylic oxidation sites excluding steroid dienone is 9. The van der Waals surface area contributed by atoms with Crippen molar-refractivity contribution < 1.29 is 0 Å². The van der Waals surface area contributed by atoms with Gasteiger partial charge in [-0.1, -0.05) is 189 Å². The number of fused-ring (bicyclic) bond motifs is 1. The first-order chi connectivity index (χ1) is 24.6. The number of benzene rings is 4. The quantitative estimate of drug-likeness (QED) is 0.112. The lowest BCUT2D eigenvalue weighted by Crippen LogP contribution is -2.03. The molecule has 0 radical (unpaired) electrons. The van der Waals surface area contributed by atoms with Gasteiger partial charge in [0, 0.05) is 5.56 Å². The predicted octanol–water partition coefficient (Wildman–Crippen LogP) is 14.6. The van der Waals surface area contributed by atoms with Crippen LogP contribution < -0.4 is 0 Å². The third kappa shape index (κ3) is 12.5. The highest BCUT2D eigenvalue weighted by Crippen LogP contribution is 2.35. The molecule has 0 aromatic heterocycles. The molecule has 0 fully saturated rings. The maximum atomic E-state index is 4.21. The lowest BCUT2D eigenvalue weighted by atomic mass is 9.85. The fourth-order valence-electron chi connectivity index (χ4n) is 5.62. The lowest BCUT2D eigenvalue weighted by molar-refractivity contribution is 0.957. The Kier molecular flexibility index (Phi) is 19.9. The van der Waals surface area contributed by atoms with Crippen LogP contribution in [0.1, 0.15) is 95.5 Å². The second kappa shape index (κ2) is 24.2. The highest BCUT2D eigenvalue weighted by atomic mass is 14.7. The van der Waals surface area contributed by atoms with Gasteiger partial charge in [0.25, 0.3) is 0 Å². The number of aliphatic imine (C=N–C) groups is 1. The van der Waals surface area contributed by atoms with Crippen LogP contribution in [0.2, 0.25) is 0 Å². The fraction of sp³-hybridized carbons (Fsp3) is 0.245. The SMILES string of the molecule is C=C/C=C(\N=C)c1cccc(-c2ccccc2C(/C=C2\Cc3ccccc3C=C2/C=C\CCC)=C/CC)c1.CC.CC.CCc1ccccc1. The molecule has 0 spiro atoms. The largest absolute Gasteiger partial charge is 0.264 e. The van der Waals surface area contributed by atoms with E-state index in [0.717, 1.165) is 48.9 Å². The Morgan fingerprint density at radius 3 is 2.16 bits per heavy atom. The minimum absolute atomic E-state index is 0.820.